The summed E-state index contributed by atoms with van der Waals surface area (Å²) in [4.78, 5) is 12.2. The smallest absolute Gasteiger partial charge is 0.262 e. The van der Waals surface area contributed by atoms with Crippen molar-refractivity contribution < 1.29 is 26.0 Å². The molecular formula is C18H17N3O6S2. The Labute approximate surface area is 167 Å². The summed E-state index contributed by atoms with van der Waals surface area (Å²) in [6.07, 6.45) is 1.56. The van der Waals surface area contributed by atoms with E-state index in [9.17, 15) is 26.9 Å². The molecule has 1 atom stereocenters. The molecule has 152 valence electrons. The topological polar surface area (TPSA) is 160 Å². The maximum absolute atomic E-state index is 12.2. The Morgan fingerprint density at radius 2 is 1.93 bits per heavy atom. The number of nitrogens with zero attached hydrogens (tertiary/aromatic N) is 1. The van der Waals surface area contributed by atoms with Crippen molar-refractivity contribution >= 4 is 31.8 Å². The SMILES string of the molecule is N#C/C(=C\c1ccc(-c2ccc(S(N)(=O)=O)cc2)o1)C(=O)N[C@@H]1CCS(=O)(=O)C1. The Morgan fingerprint density at radius 1 is 1.24 bits per heavy atom. The van der Waals surface area contributed by atoms with Crippen molar-refractivity contribution in [3.63, 3.8) is 0 Å². The number of sulfone groups is 1. The number of rotatable bonds is 5. The number of furan rings is 1. The fraction of sp³-hybridized carbons (Fsp3) is 0.222. The van der Waals surface area contributed by atoms with Crippen LogP contribution in [0.2, 0.25) is 0 Å². The summed E-state index contributed by atoms with van der Waals surface area (Å²) in [5, 5.41) is 16.9. The van der Waals surface area contributed by atoms with Crippen molar-refractivity contribution in [3.8, 4) is 17.4 Å². The molecule has 0 bridgehead atoms. The van der Waals surface area contributed by atoms with Gasteiger partial charge in [-0.1, -0.05) is 0 Å². The van der Waals surface area contributed by atoms with Crippen molar-refractivity contribution in [1.29, 1.82) is 5.26 Å². The number of carbonyl (C=O) groups is 1. The van der Waals surface area contributed by atoms with E-state index in [0.717, 1.165) is 0 Å². The number of nitrogens with one attached hydrogen (secondary N) is 1. The Morgan fingerprint density at radius 3 is 2.48 bits per heavy atom. The van der Waals surface area contributed by atoms with E-state index >= 15 is 0 Å². The van der Waals surface area contributed by atoms with Gasteiger partial charge in [0.25, 0.3) is 5.91 Å². The minimum Gasteiger partial charge on any atom is -0.457 e. The molecule has 0 unspecified atom stereocenters. The minimum atomic E-state index is -3.80. The maximum atomic E-state index is 12.2. The van der Waals surface area contributed by atoms with Crippen molar-refractivity contribution in [3.05, 3.63) is 47.7 Å². The van der Waals surface area contributed by atoms with Crippen molar-refractivity contribution in [2.75, 3.05) is 11.5 Å². The first-order valence-corrected chi connectivity index (χ1v) is 11.8. The molecule has 2 aromatic rings. The molecule has 1 fully saturated rings. The van der Waals surface area contributed by atoms with Gasteiger partial charge in [0.2, 0.25) is 10.0 Å². The van der Waals surface area contributed by atoms with Crippen molar-refractivity contribution in [1.82, 2.24) is 5.32 Å². The first-order chi connectivity index (χ1) is 13.6. The third kappa shape index (κ3) is 5.11. The lowest BCUT2D eigenvalue weighted by Crippen LogP contribution is -2.36. The van der Waals surface area contributed by atoms with E-state index in [4.69, 9.17) is 9.56 Å². The normalized spacial score (nSPS) is 18.9. The van der Waals surface area contributed by atoms with E-state index in [0.29, 0.717) is 17.7 Å². The highest BCUT2D eigenvalue weighted by atomic mass is 32.2. The predicted octanol–water partition coefficient (Wildman–Crippen LogP) is 0.804. The van der Waals surface area contributed by atoms with E-state index in [2.05, 4.69) is 5.32 Å². The van der Waals surface area contributed by atoms with Crippen LogP contribution in [-0.2, 0) is 24.7 Å². The summed E-state index contributed by atoms with van der Waals surface area (Å²) in [6.45, 7) is 0. The van der Waals surface area contributed by atoms with Gasteiger partial charge in [0.15, 0.2) is 9.84 Å². The molecule has 0 radical (unpaired) electrons. The van der Waals surface area contributed by atoms with Gasteiger partial charge in [-0.25, -0.2) is 22.0 Å². The zero-order chi connectivity index (χ0) is 21.2. The van der Waals surface area contributed by atoms with Gasteiger partial charge in [0, 0.05) is 17.7 Å². The third-order valence-electron chi connectivity index (χ3n) is 4.31. The van der Waals surface area contributed by atoms with Crippen LogP contribution in [0.4, 0.5) is 0 Å². The highest BCUT2D eigenvalue weighted by Gasteiger charge is 2.29. The van der Waals surface area contributed by atoms with Gasteiger partial charge in [-0.2, -0.15) is 5.26 Å². The van der Waals surface area contributed by atoms with Crippen LogP contribution in [0.3, 0.4) is 0 Å². The first-order valence-electron chi connectivity index (χ1n) is 8.43. The van der Waals surface area contributed by atoms with Crippen LogP contribution in [-0.4, -0.2) is 40.3 Å². The van der Waals surface area contributed by atoms with E-state index in [1.165, 1.54) is 30.3 Å². The standard InChI is InChI=1S/C18H17N3O6S2/c19-10-13(18(22)21-14-7-8-28(23,24)11-14)9-15-3-6-17(27-15)12-1-4-16(5-2-12)29(20,25)26/h1-6,9,14H,7-8,11H2,(H,21,22)(H2,20,25,26)/b13-9+/t14-/m1/s1. The van der Waals surface area contributed by atoms with E-state index in [1.807, 2.05) is 0 Å². The zero-order valence-corrected chi connectivity index (χ0v) is 16.7. The molecule has 29 heavy (non-hydrogen) atoms. The van der Waals surface area contributed by atoms with Crippen LogP contribution < -0.4 is 10.5 Å². The van der Waals surface area contributed by atoms with Crippen LogP contribution in [0.1, 0.15) is 12.2 Å². The largest absolute Gasteiger partial charge is 0.457 e. The number of hydrogen-bond acceptors (Lipinski definition) is 7. The molecule has 0 saturated carbocycles. The number of amides is 1. The van der Waals surface area contributed by atoms with Gasteiger partial charge in [-0.05, 0) is 42.8 Å². The molecule has 3 rings (SSSR count). The summed E-state index contributed by atoms with van der Waals surface area (Å²) in [6, 6.07) is 10.1. The van der Waals surface area contributed by atoms with Crippen molar-refractivity contribution in [2.24, 2.45) is 5.14 Å². The Hall–Kier alpha value is -2.94. The molecule has 1 aromatic heterocycles. The lowest BCUT2D eigenvalue weighted by molar-refractivity contribution is -0.117. The highest BCUT2D eigenvalue weighted by molar-refractivity contribution is 7.91. The van der Waals surface area contributed by atoms with Gasteiger partial charge < -0.3 is 9.73 Å². The third-order valence-corrected chi connectivity index (χ3v) is 7.01. The van der Waals surface area contributed by atoms with Gasteiger partial charge in [0.1, 0.15) is 23.2 Å². The average molecular weight is 435 g/mol. The minimum absolute atomic E-state index is 0.00926. The van der Waals surface area contributed by atoms with Gasteiger partial charge in [-0.3, -0.25) is 4.79 Å². The summed E-state index contributed by atoms with van der Waals surface area (Å²) < 4.78 is 51.2. The van der Waals surface area contributed by atoms with E-state index < -0.39 is 31.8 Å². The highest BCUT2D eigenvalue weighted by Crippen LogP contribution is 2.24. The molecule has 0 aliphatic carbocycles. The number of hydrogen-bond donors (Lipinski definition) is 2. The number of sulfonamides is 1. The quantitative estimate of drug-likeness (QED) is 0.519. The number of carbonyl (C=O) groups excluding carboxylic acids is 1. The van der Waals surface area contributed by atoms with Crippen LogP contribution >= 0.6 is 0 Å². The molecule has 3 N–H and O–H groups in total. The Kier molecular flexibility index (Phi) is 5.61. The van der Waals surface area contributed by atoms with Crippen LogP contribution in [0.25, 0.3) is 17.4 Å². The molecule has 1 aromatic carbocycles. The monoisotopic (exact) mass is 435 g/mol. The summed E-state index contributed by atoms with van der Waals surface area (Å²) in [5.41, 5.74) is 0.357. The van der Waals surface area contributed by atoms with Gasteiger partial charge in [0.05, 0.1) is 16.4 Å². The molecule has 1 saturated heterocycles. The predicted molar refractivity (Wildman–Crippen MR) is 104 cm³/mol. The zero-order valence-electron chi connectivity index (χ0n) is 15.0. The lowest BCUT2D eigenvalue weighted by atomic mass is 10.2. The number of nitriles is 1. The Balaban J connectivity index is 1.75. The number of nitrogens with two attached hydrogens (primary N) is 1. The molecule has 9 nitrogen and oxygen atoms in total. The molecular weight excluding hydrogens is 418 g/mol. The van der Waals surface area contributed by atoms with Crippen LogP contribution in [0.15, 0.2) is 51.3 Å². The Bertz CT molecular complexity index is 1220. The molecule has 1 aliphatic rings. The number of benzene rings is 1. The van der Waals surface area contributed by atoms with Gasteiger partial charge in [-0.15, -0.1) is 0 Å². The molecule has 2 heterocycles. The average Bonchev–Trinajstić information content (AvgIpc) is 3.25. The molecule has 11 heteroatoms. The second kappa shape index (κ2) is 7.82. The van der Waals surface area contributed by atoms with Crippen LogP contribution in [0.5, 0.6) is 0 Å². The summed E-state index contributed by atoms with van der Waals surface area (Å²) >= 11 is 0. The van der Waals surface area contributed by atoms with Gasteiger partial charge >= 0.3 is 0 Å². The maximum Gasteiger partial charge on any atom is 0.262 e. The van der Waals surface area contributed by atoms with E-state index in [1.54, 1.807) is 18.2 Å². The lowest BCUT2D eigenvalue weighted by Gasteiger charge is -2.09. The van der Waals surface area contributed by atoms with Crippen LogP contribution in [0, 0.1) is 11.3 Å². The molecule has 1 amide bonds. The summed E-state index contributed by atoms with van der Waals surface area (Å²) in [5.74, 6) is -0.172. The fourth-order valence-electron chi connectivity index (χ4n) is 2.86. The fourth-order valence-corrected chi connectivity index (χ4v) is 5.05. The second-order valence-corrected chi connectivity index (χ2v) is 10.3. The molecule has 0 spiro atoms. The van der Waals surface area contributed by atoms with E-state index in [-0.39, 0.29) is 27.7 Å². The second-order valence-electron chi connectivity index (χ2n) is 6.51. The molecule has 1 aliphatic heterocycles. The van der Waals surface area contributed by atoms with Crippen molar-refractivity contribution in [2.45, 2.75) is 17.4 Å². The first kappa shape index (κ1) is 20.8. The number of primary sulfonamides is 1. The summed E-state index contributed by atoms with van der Waals surface area (Å²) in [7, 11) is -6.95.